The Hall–Kier alpha value is -1.69. The van der Waals surface area contributed by atoms with Crippen LogP contribution in [-0.2, 0) is 0 Å². The van der Waals surface area contributed by atoms with Gasteiger partial charge in [-0.15, -0.1) is 0 Å². The van der Waals surface area contributed by atoms with Crippen molar-refractivity contribution in [1.82, 2.24) is 24.7 Å². The van der Waals surface area contributed by atoms with E-state index in [0.29, 0.717) is 17.9 Å². The fourth-order valence-corrected chi connectivity index (χ4v) is 3.27. The summed E-state index contributed by atoms with van der Waals surface area (Å²) in [7, 11) is 0. The van der Waals surface area contributed by atoms with Crippen molar-refractivity contribution in [3.8, 4) is 5.95 Å². The summed E-state index contributed by atoms with van der Waals surface area (Å²) < 4.78 is 1.60. The van der Waals surface area contributed by atoms with Gasteiger partial charge in [-0.1, -0.05) is 0 Å². The van der Waals surface area contributed by atoms with Crippen LogP contribution in [0, 0.1) is 5.92 Å². The predicted molar refractivity (Wildman–Crippen MR) is 70.4 cm³/mol. The Bertz CT molecular complexity index is 598. The van der Waals surface area contributed by atoms with Crippen molar-refractivity contribution in [2.45, 2.75) is 25.3 Å². The Kier molecular flexibility index (Phi) is 2.44. The Morgan fingerprint density at radius 2 is 2.05 bits per heavy atom. The molecule has 4 rings (SSSR count). The quantitative estimate of drug-likeness (QED) is 0.835. The van der Waals surface area contributed by atoms with Crippen molar-refractivity contribution in [3.05, 3.63) is 23.7 Å². The van der Waals surface area contributed by atoms with E-state index in [4.69, 9.17) is 11.6 Å². The van der Waals surface area contributed by atoms with Crippen LogP contribution < -0.4 is 4.90 Å². The van der Waals surface area contributed by atoms with Gasteiger partial charge in [-0.25, -0.2) is 4.68 Å². The van der Waals surface area contributed by atoms with E-state index in [9.17, 15) is 0 Å². The topological polar surface area (TPSA) is 59.7 Å². The minimum atomic E-state index is 0.221. The lowest BCUT2D eigenvalue weighted by Gasteiger charge is -2.26. The zero-order valence-corrected chi connectivity index (χ0v) is 11.0. The lowest BCUT2D eigenvalue weighted by atomic mass is 10.1. The number of nitrogens with zero attached hydrogens (tertiary/aromatic N) is 6. The molecule has 1 aliphatic heterocycles. The molecule has 2 bridgehead atoms. The molecule has 2 aliphatic rings. The van der Waals surface area contributed by atoms with Crippen LogP contribution in [0.4, 0.5) is 5.95 Å². The smallest absolute Gasteiger partial charge is 0.256 e. The molecule has 2 unspecified atom stereocenters. The first-order valence-electron chi connectivity index (χ1n) is 6.48. The van der Waals surface area contributed by atoms with Crippen LogP contribution in [0.3, 0.4) is 0 Å². The van der Waals surface area contributed by atoms with Gasteiger partial charge in [0, 0.05) is 25.0 Å². The number of aromatic nitrogens is 5. The zero-order chi connectivity index (χ0) is 12.8. The number of anilines is 1. The summed E-state index contributed by atoms with van der Waals surface area (Å²) in [6.07, 6.45) is 7.29. The molecule has 98 valence electrons. The lowest BCUT2D eigenvalue weighted by Crippen LogP contribution is -2.33. The number of hydrogen-bond acceptors (Lipinski definition) is 5. The zero-order valence-electron chi connectivity index (χ0n) is 10.3. The molecular weight excluding hydrogens is 264 g/mol. The van der Waals surface area contributed by atoms with Crippen molar-refractivity contribution < 1.29 is 0 Å². The van der Waals surface area contributed by atoms with E-state index in [2.05, 4.69) is 25.0 Å². The Morgan fingerprint density at radius 1 is 1.16 bits per heavy atom. The molecule has 1 aliphatic carbocycles. The molecule has 2 atom stereocenters. The number of rotatable bonds is 2. The minimum absolute atomic E-state index is 0.221. The highest BCUT2D eigenvalue weighted by Gasteiger charge is 2.39. The predicted octanol–water partition coefficient (Wildman–Crippen LogP) is 1.70. The van der Waals surface area contributed by atoms with Crippen LogP contribution in [0.15, 0.2) is 18.5 Å². The van der Waals surface area contributed by atoms with Crippen molar-refractivity contribution >= 4 is 17.5 Å². The average molecular weight is 277 g/mol. The highest BCUT2D eigenvalue weighted by molar-refractivity contribution is 6.28. The molecule has 0 amide bonds. The van der Waals surface area contributed by atoms with E-state index >= 15 is 0 Å². The second-order valence-electron chi connectivity index (χ2n) is 5.14. The van der Waals surface area contributed by atoms with Crippen LogP contribution in [0.25, 0.3) is 5.95 Å². The maximum Gasteiger partial charge on any atom is 0.256 e. The Morgan fingerprint density at radius 3 is 2.74 bits per heavy atom. The van der Waals surface area contributed by atoms with Gasteiger partial charge in [0.25, 0.3) is 5.95 Å². The summed E-state index contributed by atoms with van der Waals surface area (Å²) in [4.78, 5) is 15.2. The van der Waals surface area contributed by atoms with Crippen LogP contribution >= 0.6 is 11.6 Å². The summed E-state index contributed by atoms with van der Waals surface area (Å²) in [6.45, 7) is 1.03. The van der Waals surface area contributed by atoms with Crippen LogP contribution in [0.2, 0.25) is 5.28 Å². The number of hydrogen-bond donors (Lipinski definition) is 0. The van der Waals surface area contributed by atoms with Crippen LogP contribution in [0.1, 0.15) is 19.3 Å². The summed E-state index contributed by atoms with van der Waals surface area (Å²) in [5, 5.41) is 4.35. The molecule has 2 fully saturated rings. The molecule has 0 radical (unpaired) electrons. The van der Waals surface area contributed by atoms with Gasteiger partial charge in [-0.3, -0.25) is 0 Å². The standard InChI is InChI=1S/C12H13ClN6/c13-10-15-11(18-7-8-2-3-9(18)6-8)17-12(16-10)19-5-1-4-14-19/h1,4-5,8-9H,2-3,6-7H2. The SMILES string of the molecule is Clc1nc(N2CC3CCC2C3)nc(-n2cccn2)n1. The third kappa shape index (κ3) is 1.87. The van der Waals surface area contributed by atoms with E-state index in [1.807, 2.05) is 6.07 Å². The number of piperidine rings is 1. The molecule has 19 heavy (non-hydrogen) atoms. The molecule has 1 saturated carbocycles. The third-order valence-corrected chi connectivity index (χ3v) is 4.13. The minimum Gasteiger partial charge on any atom is -0.337 e. The molecular formula is C12H13ClN6. The highest BCUT2D eigenvalue weighted by atomic mass is 35.5. The summed E-state index contributed by atoms with van der Waals surface area (Å²) in [6, 6.07) is 2.39. The molecule has 2 aromatic rings. The molecule has 6 nitrogen and oxygen atoms in total. The van der Waals surface area contributed by atoms with E-state index in [1.165, 1.54) is 19.3 Å². The molecule has 1 saturated heterocycles. The maximum atomic E-state index is 6.02. The van der Waals surface area contributed by atoms with Gasteiger partial charge in [0.2, 0.25) is 11.2 Å². The van der Waals surface area contributed by atoms with Crippen molar-refractivity contribution in [1.29, 1.82) is 0 Å². The fraction of sp³-hybridized carbons (Fsp3) is 0.500. The van der Waals surface area contributed by atoms with E-state index < -0.39 is 0 Å². The van der Waals surface area contributed by atoms with Gasteiger partial charge in [0.05, 0.1) is 0 Å². The van der Waals surface area contributed by atoms with E-state index in [1.54, 1.807) is 17.1 Å². The van der Waals surface area contributed by atoms with Gasteiger partial charge >= 0.3 is 0 Å². The highest BCUT2D eigenvalue weighted by Crippen LogP contribution is 2.39. The summed E-state index contributed by atoms with van der Waals surface area (Å²) in [5.74, 6) is 1.94. The average Bonchev–Trinajstić information content (AvgIpc) is 3.15. The van der Waals surface area contributed by atoms with E-state index in [-0.39, 0.29) is 5.28 Å². The Balaban J connectivity index is 1.73. The third-order valence-electron chi connectivity index (χ3n) is 3.96. The number of halogens is 1. The Labute approximate surface area is 115 Å². The van der Waals surface area contributed by atoms with Crippen LogP contribution in [0.5, 0.6) is 0 Å². The molecule has 7 heteroatoms. The summed E-state index contributed by atoms with van der Waals surface area (Å²) in [5.41, 5.74) is 0. The number of fused-ring (bicyclic) bond motifs is 2. The normalized spacial score (nSPS) is 25.2. The first-order valence-corrected chi connectivity index (χ1v) is 6.85. The van der Waals surface area contributed by atoms with Crippen molar-refractivity contribution in [2.24, 2.45) is 5.92 Å². The van der Waals surface area contributed by atoms with Gasteiger partial charge in [-0.05, 0) is 42.8 Å². The van der Waals surface area contributed by atoms with Gasteiger partial charge in [0.1, 0.15) is 0 Å². The first-order chi connectivity index (χ1) is 9.29. The molecule has 0 N–H and O–H groups in total. The monoisotopic (exact) mass is 276 g/mol. The molecule has 3 heterocycles. The molecule has 0 aromatic carbocycles. The van der Waals surface area contributed by atoms with Gasteiger partial charge in [-0.2, -0.15) is 20.1 Å². The molecule has 0 spiro atoms. The lowest BCUT2D eigenvalue weighted by molar-refractivity contribution is 0.545. The van der Waals surface area contributed by atoms with Crippen molar-refractivity contribution in [3.63, 3.8) is 0 Å². The van der Waals surface area contributed by atoms with Crippen LogP contribution in [-0.4, -0.2) is 37.3 Å². The fourth-order valence-electron chi connectivity index (χ4n) is 3.12. The van der Waals surface area contributed by atoms with Crippen molar-refractivity contribution in [2.75, 3.05) is 11.4 Å². The maximum absolute atomic E-state index is 6.02. The molecule has 2 aromatic heterocycles. The second kappa shape index (κ2) is 4.16. The second-order valence-corrected chi connectivity index (χ2v) is 5.48. The van der Waals surface area contributed by atoms with Gasteiger partial charge < -0.3 is 4.90 Å². The summed E-state index contributed by atoms with van der Waals surface area (Å²) >= 11 is 6.02. The largest absolute Gasteiger partial charge is 0.337 e. The van der Waals surface area contributed by atoms with Gasteiger partial charge in [0.15, 0.2) is 0 Å². The first kappa shape index (κ1) is 11.2. The van der Waals surface area contributed by atoms with E-state index in [0.717, 1.165) is 12.5 Å².